The van der Waals surface area contributed by atoms with Gasteiger partial charge in [0.2, 0.25) is 0 Å². The number of halogens is 2. The summed E-state index contributed by atoms with van der Waals surface area (Å²) >= 11 is 5.60. The Hall–Kier alpha value is -1.13. The number of nitrogens with two attached hydrogens (primary N) is 1. The minimum absolute atomic E-state index is 0.0795. The second kappa shape index (κ2) is 4.80. The molecule has 0 radical (unpaired) electrons. The van der Waals surface area contributed by atoms with Crippen molar-refractivity contribution in [3.05, 3.63) is 34.6 Å². The lowest BCUT2D eigenvalue weighted by atomic mass is 10.1. The smallest absolute Gasteiger partial charge is 0.143 e. The van der Waals surface area contributed by atoms with Crippen LogP contribution < -0.4 is 11.3 Å². The Morgan fingerprint density at radius 1 is 1.44 bits per heavy atom. The van der Waals surface area contributed by atoms with Crippen molar-refractivity contribution >= 4 is 17.4 Å². The number of nitrogens with zero attached hydrogens (tertiary/aromatic N) is 1. The van der Waals surface area contributed by atoms with Crippen LogP contribution in [0.5, 0.6) is 0 Å². The Labute approximate surface area is 99.5 Å². The monoisotopic (exact) mass is 243 g/mol. The zero-order valence-electron chi connectivity index (χ0n) is 9.51. The summed E-state index contributed by atoms with van der Waals surface area (Å²) in [6, 6.07) is 4.43. The zero-order chi connectivity index (χ0) is 12.3. The summed E-state index contributed by atoms with van der Waals surface area (Å²) in [6.45, 7) is 5.78. The number of hydrogen-bond acceptors (Lipinski definition) is 2. The molecule has 0 spiro atoms. The third-order valence-electron chi connectivity index (χ3n) is 1.78. The normalized spacial score (nSPS) is 12.8. The van der Waals surface area contributed by atoms with Crippen molar-refractivity contribution in [1.29, 1.82) is 0 Å². The molecule has 0 atom stereocenters. The Bertz CT molecular complexity index is 410. The molecule has 88 valence electrons. The highest BCUT2D eigenvalue weighted by atomic mass is 35.5. The van der Waals surface area contributed by atoms with Crippen molar-refractivity contribution in [1.82, 2.24) is 5.43 Å². The molecule has 16 heavy (non-hydrogen) atoms. The maximum Gasteiger partial charge on any atom is 0.143 e. The standard InChI is InChI=1S/C11H15ClFN3/c1-11(2,3)15-10(16-14)7-4-5-8(12)9(13)6-7/h4-6H,14H2,1-3H3,(H,15,16). The van der Waals surface area contributed by atoms with E-state index in [9.17, 15) is 4.39 Å². The Morgan fingerprint density at radius 3 is 2.50 bits per heavy atom. The number of hydrogen-bond donors (Lipinski definition) is 2. The van der Waals surface area contributed by atoms with Gasteiger partial charge in [0, 0.05) is 5.56 Å². The van der Waals surface area contributed by atoms with Crippen molar-refractivity contribution in [3.63, 3.8) is 0 Å². The average Bonchev–Trinajstić information content (AvgIpc) is 2.17. The number of aliphatic imine (C=N–C) groups is 1. The number of nitrogens with one attached hydrogen (secondary N) is 1. The SMILES string of the molecule is CC(C)(C)N=C(NN)c1ccc(Cl)c(F)c1. The molecule has 5 heteroatoms. The molecule has 0 aliphatic rings. The summed E-state index contributed by atoms with van der Waals surface area (Å²) in [6.07, 6.45) is 0. The molecule has 0 amide bonds. The number of hydrazine groups is 1. The second-order valence-electron chi connectivity index (χ2n) is 4.40. The largest absolute Gasteiger partial charge is 0.308 e. The highest BCUT2D eigenvalue weighted by Gasteiger charge is 2.12. The fourth-order valence-electron chi connectivity index (χ4n) is 1.16. The molecule has 3 nitrogen and oxygen atoms in total. The highest BCUT2D eigenvalue weighted by Crippen LogP contribution is 2.17. The molecule has 0 heterocycles. The van der Waals surface area contributed by atoms with Gasteiger partial charge in [0.15, 0.2) is 0 Å². The second-order valence-corrected chi connectivity index (χ2v) is 4.81. The van der Waals surface area contributed by atoms with E-state index in [0.29, 0.717) is 11.4 Å². The Morgan fingerprint density at radius 2 is 2.06 bits per heavy atom. The van der Waals surface area contributed by atoms with Crippen LogP contribution in [-0.2, 0) is 0 Å². The first kappa shape index (κ1) is 12.9. The molecule has 3 N–H and O–H groups in total. The molecule has 0 unspecified atom stereocenters. The van der Waals surface area contributed by atoms with E-state index in [2.05, 4.69) is 10.4 Å². The molecule has 1 aromatic carbocycles. The van der Waals surface area contributed by atoms with E-state index >= 15 is 0 Å². The van der Waals surface area contributed by atoms with E-state index in [0.717, 1.165) is 0 Å². The van der Waals surface area contributed by atoms with Gasteiger partial charge in [-0.15, -0.1) is 0 Å². The summed E-state index contributed by atoms with van der Waals surface area (Å²) in [4.78, 5) is 4.34. The molecular weight excluding hydrogens is 229 g/mol. The van der Waals surface area contributed by atoms with Crippen LogP contribution >= 0.6 is 11.6 Å². The topological polar surface area (TPSA) is 50.4 Å². The van der Waals surface area contributed by atoms with E-state index in [1.54, 1.807) is 6.07 Å². The van der Waals surface area contributed by atoms with Gasteiger partial charge in [-0.2, -0.15) is 0 Å². The molecule has 1 rings (SSSR count). The maximum atomic E-state index is 13.3. The van der Waals surface area contributed by atoms with Crippen LogP contribution in [-0.4, -0.2) is 11.4 Å². The van der Waals surface area contributed by atoms with Gasteiger partial charge in [-0.3, -0.25) is 4.99 Å². The highest BCUT2D eigenvalue weighted by molar-refractivity contribution is 6.30. The average molecular weight is 244 g/mol. The number of amidine groups is 1. The van der Waals surface area contributed by atoms with E-state index in [-0.39, 0.29) is 10.6 Å². The summed E-state index contributed by atoms with van der Waals surface area (Å²) < 4.78 is 13.3. The molecule has 0 aromatic heterocycles. The molecule has 0 fully saturated rings. The van der Waals surface area contributed by atoms with Gasteiger partial charge < -0.3 is 5.43 Å². The summed E-state index contributed by atoms with van der Waals surface area (Å²) in [5.74, 6) is 5.31. The van der Waals surface area contributed by atoms with E-state index in [1.165, 1.54) is 12.1 Å². The summed E-state index contributed by atoms with van der Waals surface area (Å²) in [5.41, 5.74) is 2.74. The fourth-order valence-corrected chi connectivity index (χ4v) is 1.28. The van der Waals surface area contributed by atoms with Gasteiger partial charge in [0.1, 0.15) is 11.7 Å². The van der Waals surface area contributed by atoms with E-state index < -0.39 is 5.82 Å². The van der Waals surface area contributed by atoms with Crippen LogP contribution in [0.3, 0.4) is 0 Å². The zero-order valence-corrected chi connectivity index (χ0v) is 10.3. The molecule has 0 bridgehead atoms. The van der Waals surface area contributed by atoms with Gasteiger partial charge in [-0.05, 0) is 39.0 Å². The molecule has 0 aliphatic heterocycles. The minimum atomic E-state index is -0.490. The van der Waals surface area contributed by atoms with Crippen molar-refractivity contribution < 1.29 is 4.39 Å². The van der Waals surface area contributed by atoms with Crippen LogP contribution in [0.2, 0.25) is 5.02 Å². The van der Waals surface area contributed by atoms with Gasteiger partial charge in [0.25, 0.3) is 0 Å². The molecule has 1 aromatic rings. The van der Waals surface area contributed by atoms with Crippen molar-refractivity contribution in [2.75, 3.05) is 0 Å². The van der Waals surface area contributed by atoms with Crippen LogP contribution in [0.1, 0.15) is 26.3 Å². The van der Waals surface area contributed by atoms with Crippen LogP contribution in [0.15, 0.2) is 23.2 Å². The predicted octanol–water partition coefficient (Wildman–Crippen LogP) is 2.49. The summed E-state index contributed by atoms with van der Waals surface area (Å²) in [7, 11) is 0. The molecule has 0 saturated carbocycles. The number of benzene rings is 1. The van der Waals surface area contributed by atoms with E-state index in [4.69, 9.17) is 17.4 Å². The lowest BCUT2D eigenvalue weighted by Crippen LogP contribution is -2.33. The van der Waals surface area contributed by atoms with Crippen molar-refractivity contribution in [3.8, 4) is 0 Å². The molecular formula is C11H15ClFN3. The lowest BCUT2D eigenvalue weighted by molar-refractivity contribution is 0.579. The van der Waals surface area contributed by atoms with Gasteiger partial charge >= 0.3 is 0 Å². The Kier molecular flexibility index (Phi) is 3.88. The maximum absolute atomic E-state index is 13.3. The van der Waals surface area contributed by atoms with Crippen molar-refractivity contribution in [2.24, 2.45) is 10.8 Å². The third kappa shape index (κ3) is 3.47. The molecule has 0 saturated heterocycles. The summed E-state index contributed by atoms with van der Waals surface area (Å²) in [5, 5.41) is 0.0795. The van der Waals surface area contributed by atoms with Crippen LogP contribution in [0.25, 0.3) is 0 Å². The van der Waals surface area contributed by atoms with Gasteiger partial charge in [-0.1, -0.05) is 11.6 Å². The van der Waals surface area contributed by atoms with Crippen LogP contribution in [0, 0.1) is 5.82 Å². The van der Waals surface area contributed by atoms with Gasteiger partial charge in [0.05, 0.1) is 10.6 Å². The van der Waals surface area contributed by atoms with Crippen molar-refractivity contribution in [2.45, 2.75) is 26.3 Å². The third-order valence-corrected chi connectivity index (χ3v) is 2.08. The number of rotatable bonds is 1. The van der Waals surface area contributed by atoms with E-state index in [1.807, 2.05) is 20.8 Å². The lowest BCUT2D eigenvalue weighted by Gasteiger charge is -2.16. The first-order valence-electron chi connectivity index (χ1n) is 4.85. The first-order valence-corrected chi connectivity index (χ1v) is 5.23. The predicted molar refractivity (Wildman–Crippen MR) is 65.0 cm³/mol. The van der Waals surface area contributed by atoms with Crippen LogP contribution in [0.4, 0.5) is 4.39 Å². The Balaban J connectivity index is 3.15. The van der Waals surface area contributed by atoms with Gasteiger partial charge in [-0.25, -0.2) is 10.2 Å². The molecule has 0 aliphatic carbocycles. The fraction of sp³-hybridized carbons (Fsp3) is 0.364. The quantitative estimate of drug-likeness (QED) is 0.345. The first-order chi connectivity index (χ1) is 7.33. The minimum Gasteiger partial charge on any atom is -0.308 e.